The van der Waals surface area contributed by atoms with E-state index < -0.39 is 35.8 Å². The topological polar surface area (TPSA) is 98.8 Å². The second-order valence-electron chi connectivity index (χ2n) is 7.36. The number of ether oxygens (including phenoxy) is 2. The highest BCUT2D eigenvalue weighted by Gasteiger charge is 2.28. The van der Waals surface area contributed by atoms with Crippen molar-refractivity contribution in [3.05, 3.63) is 71.8 Å². The highest BCUT2D eigenvalue weighted by molar-refractivity contribution is 5.94. The number of rotatable bonds is 9. The Balaban J connectivity index is 1.59. The molecular formula is C24H25NO6. The van der Waals surface area contributed by atoms with Gasteiger partial charge in [-0.1, -0.05) is 48.5 Å². The standard InChI is InChI=1S/C24H25NO6/c26-20(13-14-22(27)31-24(29)19-12-7-15-25-19)21(16-17-8-3-1-4-9-17)30-23(28)18-10-5-2-6-11-18/h1-6,8-11,19,21,25H,7,12-16H2/t19-,21-/m0/s1. The molecule has 2 atom stereocenters. The predicted octanol–water partition coefficient (Wildman–Crippen LogP) is 2.63. The van der Waals surface area contributed by atoms with Crippen molar-refractivity contribution in [2.75, 3.05) is 6.54 Å². The zero-order valence-corrected chi connectivity index (χ0v) is 17.1. The van der Waals surface area contributed by atoms with Gasteiger partial charge < -0.3 is 14.8 Å². The van der Waals surface area contributed by atoms with Crippen molar-refractivity contribution in [1.82, 2.24) is 5.32 Å². The fraction of sp³-hybridized carbons (Fsp3) is 0.333. The number of carbonyl (C=O) groups excluding carboxylic acids is 4. The molecule has 0 aliphatic carbocycles. The van der Waals surface area contributed by atoms with E-state index in [1.165, 1.54) is 0 Å². The van der Waals surface area contributed by atoms with Gasteiger partial charge >= 0.3 is 17.9 Å². The number of hydrogen-bond donors (Lipinski definition) is 1. The summed E-state index contributed by atoms with van der Waals surface area (Å²) in [7, 11) is 0. The number of Topliss-reactive ketones (excluding diaryl/α,β-unsaturated/α-hetero) is 1. The number of carbonyl (C=O) groups is 4. The van der Waals surface area contributed by atoms with Gasteiger partial charge in [0.05, 0.1) is 12.0 Å². The van der Waals surface area contributed by atoms with Crippen LogP contribution in [0.25, 0.3) is 0 Å². The molecular weight excluding hydrogens is 398 g/mol. The third kappa shape index (κ3) is 6.86. The molecule has 1 saturated heterocycles. The van der Waals surface area contributed by atoms with E-state index in [9.17, 15) is 19.2 Å². The van der Waals surface area contributed by atoms with Gasteiger partial charge in [0.2, 0.25) is 0 Å². The van der Waals surface area contributed by atoms with E-state index in [0.29, 0.717) is 18.5 Å². The van der Waals surface area contributed by atoms with Gasteiger partial charge in [-0.05, 0) is 37.1 Å². The summed E-state index contributed by atoms with van der Waals surface area (Å²) in [5.41, 5.74) is 1.16. The quantitative estimate of drug-likeness (QED) is 0.489. The van der Waals surface area contributed by atoms with Gasteiger partial charge in [-0.2, -0.15) is 0 Å². The van der Waals surface area contributed by atoms with Crippen LogP contribution in [-0.4, -0.2) is 42.4 Å². The molecule has 0 bridgehead atoms. The molecule has 2 aromatic rings. The maximum absolute atomic E-state index is 12.8. The molecule has 0 spiro atoms. The van der Waals surface area contributed by atoms with Crippen LogP contribution >= 0.6 is 0 Å². The van der Waals surface area contributed by atoms with Gasteiger partial charge in [0.15, 0.2) is 11.9 Å². The lowest BCUT2D eigenvalue weighted by Crippen LogP contribution is -2.34. The largest absolute Gasteiger partial charge is 0.450 e. The first-order chi connectivity index (χ1) is 15.0. The summed E-state index contributed by atoms with van der Waals surface area (Å²) in [6.45, 7) is 0.709. The second-order valence-corrected chi connectivity index (χ2v) is 7.36. The van der Waals surface area contributed by atoms with Crippen LogP contribution in [0.1, 0.15) is 41.6 Å². The van der Waals surface area contributed by atoms with Gasteiger partial charge in [-0.15, -0.1) is 0 Å². The molecule has 0 amide bonds. The first kappa shape index (κ1) is 22.4. The van der Waals surface area contributed by atoms with Gasteiger partial charge in [0, 0.05) is 12.8 Å². The minimum atomic E-state index is -1.05. The number of benzene rings is 2. The average Bonchev–Trinajstić information content (AvgIpc) is 3.33. The maximum Gasteiger partial charge on any atom is 0.338 e. The number of esters is 3. The summed E-state index contributed by atoms with van der Waals surface area (Å²) in [6.07, 6.45) is 0.170. The Labute approximate surface area is 180 Å². The first-order valence-corrected chi connectivity index (χ1v) is 10.3. The normalized spacial score (nSPS) is 16.3. The van der Waals surface area contributed by atoms with Crippen molar-refractivity contribution >= 4 is 23.7 Å². The van der Waals surface area contributed by atoms with E-state index in [4.69, 9.17) is 9.47 Å². The van der Waals surface area contributed by atoms with Crippen LogP contribution in [0, 0.1) is 0 Å². The Bertz CT molecular complexity index is 906. The molecule has 0 aromatic heterocycles. The Hall–Kier alpha value is -3.32. The first-order valence-electron chi connectivity index (χ1n) is 10.3. The van der Waals surface area contributed by atoms with E-state index in [0.717, 1.165) is 12.0 Å². The van der Waals surface area contributed by atoms with E-state index in [2.05, 4.69) is 5.32 Å². The van der Waals surface area contributed by atoms with Crippen molar-refractivity contribution in [2.45, 2.75) is 44.2 Å². The fourth-order valence-electron chi connectivity index (χ4n) is 3.33. The van der Waals surface area contributed by atoms with E-state index in [1.54, 1.807) is 30.3 Å². The summed E-state index contributed by atoms with van der Waals surface area (Å²) in [5.74, 6) is -2.40. The van der Waals surface area contributed by atoms with Crippen LogP contribution in [0.15, 0.2) is 60.7 Å². The molecule has 3 rings (SSSR count). The van der Waals surface area contributed by atoms with Gasteiger partial charge in [-0.3, -0.25) is 9.59 Å². The summed E-state index contributed by atoms with van der Waals surface area (Å²) in [4.78, 5) is 49.2. The lowest BCUT2D eigenvalue weighted by molar-refractivity contribution is -0.161. The monoisotopic (exact) mass is 423 g/mol. The molecule has 1 N–H and O–H groups in total. The third-order valence-corrected chi connectivity index (χ3v) is 5.02. The minimum Gasteiger partial charge on any atom is -0.450 e. The maximum atomic E-state index is 12.8. The molecule has 1 fully saturated rings. The van der Waals surface area contributed by atoms with Crippen LogP contribution < -0.4 is 5.32 Å². The molecule has 0 unspecified atom stereocenters. The number of ketones is 1. The van der Waals surface area contributed by atoms with E-state index in [-0.39, 0.29) is 19.3 Å². The summed E-state index contributed by atoms with van der Waals surface area (Å²) < 4.78 is 10.3. The van der Waals surface area contributed by atoms with Crippen LogP contribution in [0.4, 0.5) is 0 Å². The third-order valence-electron chi connectivity index (χ3n) is 5.02. The zero-order chi connectivity index (χ0) is 22.1. The molecule has 0 saturated carbocycles. The van der Waals surface area contributed by atoms with Crippen molar-refractivity contribution < 1.29 is 28.7 Å². The number of nitrogens with one attached hydrogen (secondary N) is 1. The predicted molar refractivity (Wildman–Crippen MR) is 112 cm³/mol. The molecule has 7 nitrogen and oxygen atoms in total. The fourth-order valence-corrected chi connectivity index (χ4v) is 3.33. The van der Waals surface area contributed by atoms with E-state index >= 15 is 0 Å². The van der Waals surface area contributed by atoms with Crippen LogP contribution in [0.5, 0.6) is 0 Å². The summed E-state index contributed by atoms with van der Waals surface area (Å²) >= 11 is 0. The SMILES string of the molecule is O=C(CCC(=O)[C@H](Cc1ccccc1)OC(=O)c1ccccc1)OC(=O)[C@@H]1CCCN1. The lowest BCUT2D eigenvalue weighted by atomic mass is 10.0. The molecule has 2 aromatic carbocycles. The van der Waals surface area contributed by atoms with Gasteiger partial charge in [-0.25, -0.2) is 9.59 Å². The zero-order valence-electron chi connectivity index (χ0n) is 17.1. The van der Waals surface area contributed by atoms with Crippen LogP contribution in [0.2, 0.25) is 0 Å². The Morgan fingerprint density at radius 1 is 0.935 bits per heavy atom. The average molecular weight is 423 g/mol. The molecule has 1 aliphatic heterocycles. The highest BCUT2D eigenvalue weighted by atomic mass is 16.6. The van der Waals surface area contributed by atoms with Crippen molar-refractivity contribution in [3.63, 3.8) is 0 Å². The van der Waals surface area contributed by atoms with Crippen molar-refractivity contribution in [3.8, 4) is 0 Å². The highest BCUT2D eigenvalue weighted by Crippen LogP contribution is 2.14. The van der Waals surface area contributed by atoms with Gasteiger partial charge in [0.25, 0.3) is 0 Å². The molecule has 31 heavy (non-hydrogen) atoms. The van der Waals surface area contributed by atoms with Crippen molar-refractivity contribution in [2.24, 2.45) is 0 Å². The molecule has 7 heteroatoms. The summed E-state index contributed by atoms with van der Waals surface area (Å²) in [5, 5.41) is 2.96. The molecule has 1 aliphatic rings. The van der Waals surface area contributed by atoms with E-state index in [1.807, 2.05) is 30.3 Å². The smallest absolute Gasteiger partial charge is 0.338 e. The molecule has 0 radical (unpaired) electrons. The Morgan fingerprint density at radius 2 is 1.61 bits per heavy atom. The van der Waals surface area contributed by atoms with Gasteiger partial charge in [0.1, 0.15) is 6.04 Å². The lowest BCUT2D eigenvalue weighted by Gasteiger charge is -2.17. The minimum absolute atomic E-state index is 0.191. The Morgan fingerprint density at radius 3 is 2.26 bits per heavy atom. The van der Waals surface area contributed by atoms with Crippen LogP contribution in [-0.2, 0) is 30.3 Å². The Kier molecular flexibility index (Phi) is 8.06. The van der Waals surface area contributed by atoms with Crippen LogP contribution in [0.3, 0.4) is 0 Å². The number of hydrogen-bond acceptors (Lipinski definition) is 7. The summed E-state index contributed by atoms with van der Waals surface area (Å²) in [6, 6.07) is 17.1. The molecule has 162 valence electrons. The molecule has 1 heterocycles. The van der Waals surface area contributed by atoms with Crippen molar-refractivity contribution in [1.29, 1.82) is 0 Å². The second kappa shape index (κ2) is 11.2.